The minimum atomic E-state index is -2.35. The summed E-state index contributed by atoms with van der Waals surface area (Å²) in [6.45, 7) is 7.77. The first-order valence-corrected chi connectivity index (χ1v) is 9.62. The molecule has 0 bridgehead atoms. The summed E-state index contributed by atoms with van der Waals surface area (Å²) >= 11 is -0.826. The smallest absolute Gasteiger partial charge is 0.112 e. The maximum atomic E-state index is 12.0. The maximum absolute atomic E-state index is 12.0. The molecule has 0 saturated heterocycles. The summed E-state index contributed by atoms with van der Waals surface area (Å²) in [5.41, 5.74) is 2.66. The van der Waals surface area contributed by atoms with Crippen molar-refractivity contribution in [1.82, 2.24) is 0 Å². The maximum Gasteiger partial charge on any atom is 0.112 e. The zero-order valence-electron chi connectivity index (χ0n) is 14.2. The molecule has 126 valence electrons. The molecule has 0 aliphatic rings. The summed E-state index contributed by atoms with van der Waals surface area (Å²) in [7, 11) is 0. The molecule has 3 nitrogen and oxygen atoms in total. The Morgan fingerprint density at radius 2 is 1.67 bits per heavy atom. The minimum absolute atomic E-state index is 0.535. The van der Waals surface area contributed by atoms with Gasteiger partial charge in [0.2, 0.25) is 0 Å². The summed E-state index contributed by atoms with van der Waals surface area (Å²) in [6.07, 6.45) is 0. The highest BCUT2D eigenvalue weighted by atomic mass is 32.2. The van der Waals surface area contributed by atoms with Crippen LogP contribution in [-0.4, -0.2) is 14.3 Å². The Labute approximate surface area is 149 Å². The molecule has 1 heterocycles. The highest BCUT2D eigenvalue weighted by Crippen LogP contribution is 2.46. The molecule has 3 rings (SSSR count). The van der Waals surface area contributed by atoms with Crippen molar-refractivity contribution in [3.63, 3.8) is 0 Å². The Balaban J connectivity index is 2.33. The van der Waals surface area contributed by atoms with Crippen LogP contribution in [-0.2, 0) is 11.3 Å². The first kappa shape index (κ1) is 17.1. The average Bonchev–Trinajstić information content (AvgIpc) is 2.85. The van der Waals surface area contributed by atoms with E-state index in [0.29, 0.717) is 0 Å². The van der Waals surface area contributed by atoms with E-state index in [0.717, 1.165) is 26.2 Å². The topological polar surface area (TPSA) is 43.4 Å². The zero-order valence-corrected chi connectivity index (χ0v) is 15.8. The van der Waals surface area contributed by atoms with Crippen LogP contribution in [0.1, 0.15) is 26.3 Å². The molecular weight excluding hydrogens is 338 g/mol. The first-order valence-electron chi connectivity index (χ1n) is 7.77. The molecule has 1 atom stereocenters. The molecule has 0 aliphatic carbocycles. The second-order valence-corrected chi connectivity index (χ2v) is 8.66. The van der Waals surface area contributed by atoms with Gasteiger partial charge in [0.25, 0.3) is 0 Å². The quantitative estimate of drug-likeness (QED) is 0.598. The first-order chi connectivity index (χ1) is 11.3. The largest absolute Gasteiger partial charge is 0.755 e. The summed E-state index contributed by atoms with van der Waals surface area (Å²) in [5, 5.41) is 1.85. The molecule has 0 amide bonds. The fourth-order valence-corrected chi connectivity index (χ4v) is 5.06. The molecule has 1 unspecified atom stereocenters. The Bertz CT molecular complexity index is 892. The van der Waals surface area contributed by atoms with Crippen molar-refractivity contribution in [1.29, 1.82) is 0 Å². The lowest BCUT2D eigenvalue weighted by atomic mass is 10.0. The predicted octanol–water partition coefficient (Wildman–Crippen LogP) is 5.28. The number of anilines is 1. The average molecular weight is 359 g/mol. The fourth-order valence-electron chi connectivity index (χ4n) is 2.77. The molecule has 0 radical (unpaired) electrons. The molecule has 0 saturated carbocycles. The van der Waals surface area contributed by atoms with Crippen molar-refractivity contribution in [2.24, 2.45) is 0 Å². The Morgan fingerprint density at radius 1 is 1.04 bits per heavy atom. The van der Waals surface area contributed by atoms with Crippen molar-refractivity contribution in [3.05, 3.63) is 54.1 Å². The van der Waals surface area contributed by atoms with Gasteiger partial charge in [0.05, 0.1) is 0 Å². The Morgan fingerprint density at radius 3 is 2.25 bits per heavy atom. The third-order valence-electron chi connectivity index (χ3n) is 3.86. The SMILES string of the molecule is Cc1ccc(-c2c(N(S(=O)[O-])C(C)(C)C)sc3ccccc23)cc1. The molecule has 0 fully saturated rings. The van der Waals surface area contributed by atoms with Crippen molar-refractivity contribution in [2.45, 2.75) is 33.2 Å². The number of rotatable bonds is 3. The van der Waals surface area contributed by atoms with Crippen LogP contribution in [0.15, 0.2) is 48.5 Å². The zero-order chi connectivity index (χ0) is 17.5. The van der Waals surface area contributed by atoms with Crippen molar-refractivity contribution >= 4 is 37.7 Å². The molecule has 3 aromatic rings. The van der Waals surface area contributed by atoms with Crippen LogP contribution in [0.4, 0.5) is 5.00 Å². The second kappa shape index (κ2) is 6.31. The van der Waals surface area contributed by atoms with E-state index < -0.39 is 16.8 Å². The van der Waals surface area contributed by atoms with Gasteiger partial charge in [0.1, 0.15) is 5.00 Å². The second-order valence-electron chi connectivity index (χ2n) is 6.83. The molecule has 24 heavy (non-hydrogen) atoms. The molecule has 1 aromatic heterocycles. The highest BCUT2D eigenvalue weighted by Gasteiger charge is 2.28. The fraction of sp³-hybridized carbons (Fsp3) is 0.263. The Kier molecular flexibility index (Phi) is 4.51. The van der Waals surface area contributed by atoms with Crippen LogP contribution in [0, 0.1) is 6.92 Å². The van der Waals surface area contributed by atoms with E-state index in [1.54, 1.807) is 0 Å². The number of aryl methyl sites for hydroxylation is 1. The van der Waals surface area contributed by atoms with Gasteiger partial charge in [-0.25, -0.2) is 0 Å². The lowest BCUT2D eigenvalue weighted by Gasteiger charge is -2.38. The number of nitrogens with zero attached hydrogens (tertiary/aromatic N) is 1. The van der Waals surface area contributed by atoms with Gasteiger partial charge in [-0.15, -0.1) is 11.3 Å². The van der Waals surface area contributed by atoms with E-state index in [2.05, 4.69) is 30.3 Å². The van der Waals surface area contributed by atoms with Crippen LogP contribution >= 0.6 is 11.3 Å². The lowest BCUT2D eigenvalue weighted by molar-refractivity contribution is 0.499. The molecule has 0 aliphatic heterocycles. The van der Waals surface area contributed by atoms with Gasteiger partial charge in [-0.2, -0.15) is 0 Å². The molecular formula is C19H20NO2S2-. The van der Waals surface area contributed by atoms with Gasteiger partial charge in [-0.05, 0) is 39.3 Å². The van der Waals surface area contributed by atoms with Gasteiger partial charge in [0.15, 0.2) is 0 Å². The van der Waals surface area contributed by atoms with Crippen LogP contribution in [0.5, 0.6) is 0 Å². The summed E-state index contributed by atoms with van der Waals surface area (Å²) in [5.74, 6) is 0. The van der Waals surface area contributed by atoms with E-state index in [-0.39, 0.29) is 0 Å². The number of fused-ring (bicyclic) bond motifs is 1. The summed E-state index contributed by atoms with van der Waals surface area (Å²) in [4.78, 5) is 0. The normalized spacial score (nSPS) is 13.2. The lowest BCUT2D eigenvalue weighted by Crippen LogP contribution is -2.42. The molecule has 5 heteroatoms. The van der Waals surface area contributed by atoms with Gasteiger partial charge in [0, 0.05) is 32.5 Å². The molecule has 0 N–H and O–H groups in total. The monoisotopic (exact) mass is 358 g/mol. The number of hydrogen-bond acceptors (Lipinski definition) is 3. The summed E-state index contributed by atoms with van der Waals surface area (Å²) in [6, 6.07) is 16.3. The van der Waals surface area contributed by atoms with Crippen LogP contribution in [0.2, 0.25) is 0 Å². The van der Waals surface area contributed by atoms with E-state index in [1.165, 1.54) is 21.2 Å². The van der Waals surface area contributed by atoms with Crippen LogP contribution in [0.3, 0.4) is 0 Å². The van der Waals surface area contributed by atoms with Gasteiger partial charge < -0.3 is 4.55 Å². The molecule has 2 aromatic carbocycles. The van der Waals surface area contributed by atoms with Crippen molar-refractivity contribution < 1.29 is 8.76 Å². The summed E-state index contributed by atoms with van der Waals surface area (Å²) < 4.78 is 26.6. The van der Waals surface area contributed by atoms with E-state index in [4.69, 9.17) is 0 Å². The van der Waals surface area contributed by atoms with Crippen molar-refractivity contribution in [2.75, 3.05) is 4.31 Å². The van der Waals surface area contributed by atoms with Crippen LogP contribution < -0.4 is 4.31 Å². The highest BCUT2D eigenvalue weighted by molar-refractivity contribution is 7.81. The third-order valence-corrected chi connectivity index (χ3v) is 6.16. The number of hydrogen-bond donors (Lipinski definition) is 0. The third kappa shape index (κ3) is 3.11. The predicted molar refractivity (Wildman–Crippen MR) is 103 cm³/mol. The number of benzene rings is 2. The number of thiophene rings is 1. The minimum Gasteiger partial charge on any atom is -0.755 e. The van der Waals surface area contributed by atoms with E-state index >= 15 is 0 Å². The van der Waals surface area contributed by atoms with Crippen LogP contribution in [0.25, 0.3) is 21.2 Å². The van der Waals surface area contributed by atoms with Gasteiger partial charge in [-0.3, -0.25) is 8.51 Å². The molecule has 0 spiro atoms. The standard InChI is InChI=1S/C19H21NO2S2/c1-13-9-11-14(12-10-13)17-15-7-5-6-8-16(15)23-18(17)20(24(21)22)19(2,3)4/h5-12H,1-4H3,(H,21,22)/p-1. The van der Waals surface area contributed by atoms with Gasteiger partial charge in [-0.1, -0.05) is 48.0 Å². The van der Waals surface area contributed by atoms with Crippen molar-refractivity contribution in [3.8, 4) is 11.1 Å². The van der Waals surface area contributed by atoms with E-state index in [1.807, 2.05) is 45.9 Å². The van der Waals surface area contributed by atoms with E-state index in [9.17, 15) is 8.76 Å². The van der Waals surface area contributed by atoms with Gasteiger partial charge >= 0.3 is 0 Å². The Hall–Kier alpha value is -1.69.